The number of para-hydroxylation sites is 1. The predicted octanol–water partition coefficient (Wildman–Crippen LogP) is 6.10. The molecule has 2 heteroatoms. The topological polar surface area (TPSA) is 17.3 Å². The molecular formula is C24H20N2. The largest absolute Gasteiger partial charge is 0.342 e. The SMILES string of the molecule is Cn1c(/C=C/c2ccccc2)c(N=Cc2ccccc2)c2ccccc21. The zero-order valence-corrected chi connectivity index (χ0v) is 14.7. The molecule has 0 saturated heterocycles. The Kier molecular flexibility index (Phi) is 4.48. The lowest BCUT2D eigenvalue weighted by Crippen LogP contribution is -1.90. The standard InChI is InChI=1S/C24H20N2/c1-26-22-15-9-8-14-21(22)24(25-18-20-12-6-3-7-13-20)23(26)17-16-19-10-4-2-5-11-19/h2-18H,1H3/b17-16+,25-18?. The van der Waals surface area contributed by atoms with Crippen LogP contribution in [0.5, 0.6) is 0 Å². The Balaban J connectivity index is 1.82. The van der Waals surface area contributed by atoms with Crippen molar-refractivity contribution in [2.75, 3.05) is 0 Å². The molecule has 0 fully saturated rings. The first-order chi connectivity index (χ1) is 12.8. The Morgan fingerprint density at radius 1 is 0.692 bits per heavy atom. The van der Waals surface area contributed by atoms with Crippen molar-refractivity contribution in [3.05, 3.63) is 102 Å². The molecule has 4 aromatic rings. The van der Waals surface area contributed by atoms with E-state index in [1.165, 1.54) is 11.1 Å². The molecule has 2 nitrogen and oxygen atoms in total. The van der Waals surface area contributed by atoms with Gasteiger partial charge in [0.2, 0.25) is 0 Å². The number of aliphatic imine (C=N–C) groups is 1. The fourth-order valence-electron chi connectivity index (χ4n) is 3.14. The summed E-state index contributed by atoms with van der Waals surface area (Å²) in [6, 6.07) is 28.9. The smallest absolute Gasteiger partial charge is 0.0959 e. The van der Waals surface area contributed by atoms with Crippen molar-refractivity contribution in [1.82, 2.24) is 4.57 Å². The molecule has 0 bridgehead atoms. The first-order valence-electron chi connectivity index (χ1n) is 8.72. The minimum Gasteiger partial charge on any atom is -0.342 e. The van der Waals surface area contributed by atoms with Crippen molar-refractivity contribution in [2.24, 2.45) is 12.0 Å². The molecule has 1 aromatic heterocycles. The van der Waals surface area contributed by atoms with Crippen molar-refractivity contribution >= 4 is 35.0 Å². The van der Waals surface area contributed by atoms with Gasteiger partial charge in [-0.15, -0.1) is 0 Å². The van der Waals surface area contributed by atoms with Crippen LogP contribution in [0.25, 0.3) is 23.1 Å². The van der Waals surface area contributed by atoms with E-state index in [1.54, 1.807) is 0 Å². The summed E-state index contributed by atoms with van der Waals surface area (Å²) in [6.45, 7) is 0. The summed E-state index contributed by atoms with van der Waals surface area (Å²) in [6.07, 6.45) is 6.21. The molecule has 4 rings (SSSR count). The van der Waals surface area contributed by atoms with Crippen LogP contribution in [0.1, 0.15) is 16.8 Å². The van der Waals surface area contributed by atoms with Gasteiger partial charge in [0.15, 0.2) is 0 Å². The van der Waals surface area contributed by atoms with Gasteiger partial charge in [-0.1, -0.05) is 84.9 Å². The van der Waals surface area contributed by atoms with E-state index >= 15 is 0 Å². The van der Waals surface area contributed by atoms with Gasteiger partial charge in [-0.05, 0) is 23.3 Å². The summed E-state index contributed by atoms with van der Waals surface area (Å²) in [4.78, 5) is 4.84. The number of hydrogen-bond acceptors (Lipinski definition) is 1. The monoisotopic (exact) mass is 336 g/mol. The van der Waals surface area contributed by atoms with E-state index in [4.69, 9.17) is 4.99 Å². The Morgan fingerprint density at radius 2 is 1.31 bits per heavy atom. The highest BCUT2D eigenvalue weighted by Crippen LogP contribution is 2.34. The van der Waals surface area contributed by atoms with Crippen molar-refractivity contribution in [2.45, 2.75) is 0 Å². The van der Waals surface area contributed by atoms with Gasteiger partial charge in [0.25, 0.3) is 0 Å². The van der Waals surface area contributed by atoms with E-state index < -0.39 is 0 Å². The zero-order valence-electron chi connectivity index (χ0n) is 14.7. The third-order valence-electron chi connectivity index (χ3n) is 4.50. The molecule has 3 aromatic carbocycles. The highest BCUT2D eigenvalue weighted by atomic mass is 15.0. The summed E-state index contributed by atoms with van der Waals surface area (Å²) >= 11 is 0. The van der Waals surface area contributed by atoms with Crippen molar-refractivity contribution in [3.63, 3.8) is 0 Å². The minimum absolute atomic E-state index is 0.999. The maximum atomic E-state index is 4.84. The first kappa shape index (κ1) is 16.1. The van der Waals surface area contributed by atoms with Crippen LogP contribution < -0.4 is 0 Å². The molecule has 0 spiro atoms. The molecule has 0 aliphatic heterocycles. The van der Waals surface area contributed by atoms with E-state index in [2.05, 4.69) is 84.4 Å². The maximum absolute atomic E-state index is 4.84. The molecule has 0 saturated carbocycles. The van der Waals surface area contributed by atoms with Gasteiger partial charge >= 0.3 is 0 Å². The van der Waals surface area contributed by atoms with Gasteiger partial charge in [-0.2, -0.15) is 0 Å². The molecular weight excluding hydrogens is 316 g/mol. The summed E-state index contributed by atoms with van der Waals surface area (Å²) in [5, 5.41) is 1.16. The van der Waals surface area contributed by atoms with Gasteiger partial charge in [0.05, 0.1) is 16.9 Å². The van der Waals surface area contributed by atoms with Crippen LogP contribution >= 0.6 is 0 Å². The molecule has 0 aliphatic carbocycles. The minimum atomic E-state index is 0.999. The predicted molar refractivity (Wildman–Crippen MR) is 112 cm³/mol. The second-order valence-corrected chi connectivity index (χ2v) is 6.22. The Morgan fingerprint density at radius 3 is 2.04 bits per heavy atom. The van der Waals surface area contributed by atoms with Crippen LogP contribution in [0.3, 0.4) is 0 Å². The molecule has 0 radical (unpaired) electrons. The van der Waals surface area contributed by atoms with Gasteiger partial charge < -0.3 is 4.57 Å². The number of rotatable bonds is 4. The molecule has 0 aliphatic rings. The summed E-state index contributed by atoms with van der Waals surface area (Å²) < 4.78 is 2.20. The van der Waals surface area contributed by atoms with Crippen LogP contribution in [0.15, 0.2) is 89.9 Å². The van der Waals surface area contributed by atoms with Gasteiger partial charge in [-0.3, -0.25) is 4.99 Å². The molecule has 1 heterocycles. The normalized spacial score (nSPS) is 11.7. The maximum Gasteiger partial charge on any atom is 0.0959 e. The Labute approximate surface area is 153 Å². The van der Waals surface area contributed by atoms with Crippen LogP contribution in [-0.4, -0.2) is 10.8 Å². The number of aromatic nitrogens is 1. The number of nitrogens with zero attached hydrogens (tertiary/aromatic N) is 2. The second-order valence-electron chi connectivity index (χ2n) is 6.22. The fraction of sp³-hybridized carbons (Fsp3) is 0.0417. The van der Waals surface area contributed by atoms with E-state index in [-0.39, 0.29) is 0 Å². The molecule has 0 unspecified atom stereocenters. The molecule has 0 atom stereocenters. The van der Waals surface area contributed by atoms with Crippen molar-refractivity contribution in [3.8, 4) is 0 Å². The highest BCUT2D eigenvalue weighted by Gasteiger charge is 2.11. The number of benzene rings is 3. The van der Waals surface area contributed by atoms with Gasteiger partial charge in [-0.25, -0.2) is 0 Å². The van der Waals surface area contributed by atoms with Gasteiger partial charge in [0, 0.05) is 18.6 Å². The number of hydrogen-bond donors (Lipinski definition) is 0. The zero-order chi connectivity index (χ0) is 17.8. The average Bonchev–Trinajstić information content (AvgIpc) is 2.98. The number of aryl methyl sites for hydroxylation is 1. The van der Waals surface area contributed by atoms with Crippen molar-refractivity contribution < 1.29 is 0 Å². The van der Waals surface area contributed by atoms with E-state index in [0.29, 0.717) is 0 Å². The summed E-state index contributed by atoms with van der Waals surface area (Å²) in [7, 11) is 2.09. The third kappa shape index (κ3) is 3.22. The summed E-state index contributed by atoms with van der Waals surface area (Å²) in [5.74, 6) is 0. The first-order valence-corrected chi connectivity index (χ1v) is 8.72. The summed E-state index contributed by atoms with van der Waals surface area (Å²) in [5.41, 5.74) is 5.55. The van der Waals surface area contributed by atoms with E-state index in [1.807, 2.05) is 30.5 Å². The molecule has 26 heavy (non-hydrogen) atoms. The van der Waals surface area contributed by atoms with Crippen molar-refractivity contribution in [1.29, 1.82) is 0 Å². The Hall–Kier alpha value is -3.39. The van der Waals surface area contributed by atoms with Crippen LogP contribution in [-0.2, 0) is 7.05 Å². The lowest BCUT2D eigenvalue weighted by atomic mass is 10.1. The number of fused-ring (bicyclic) bond motifs is 1. The lowest BCUT2D eigenvalue weighted by Gasteiger charge is -2.00. The third-order valence-corrected chi connectivity index (χ3v) is 4.50. The molecule has 126 valence electrons. The van der Waals surface area contributed by atoms with E-state index in [9.17, 15) is 0 Å². The van der Waals surface area contributed by atoms with Crippen LogP contribution in [0.4, 0.5) is 5.69 Å². The lowest BCUT2D eigenvalue weighted by molar-refractivity contribution is 0.955. The quantitative estimate of drug-likeness (QED) is 0.401. The van der Waals surface area contributed by atoms with E-state index in [0.717, 1.165) is 22.3 Å². The molecule has 0 amide bonds. The fourth-order valence-corrected chi connectivity index (χ4v) is 3.14. The van der Waals surface area contributed by atoms with Crippen LogP contribution in [0.2, 0.25) is 0 Å². The van der Waals surface area contributed by atoms with Crippen LogP contribution in [0, 0.1) is 0 Å². The second kappa shape index (κ2) is 7.24. The van der Waals surface area contributed by atoms with Gasteiger partial charge in [0.1, 0.15) is 0 Å². The Bertz CT molecular complexity index is 1070. The highest BCUT2D eigenvalue weighted by molar-refractivity contribution is 6.00. The molecule has 0 N–H and O–H groups in total. The average molecular weight is 336 g/mol.